The highest BCUT2D eigenvalue weighted by Crippen LogP contribution is 2.46. The van der Waals surface area contributed by atoms with Crippen molar-refractivity contribution in [1.29, 1.82) is 0 Å². The number of para-hydroxylation sites is 1. The van der Waals surface area contributed by atoms with E-state index in [-0.39, 0.29) is 16.8 Å². The Morgan fingerprint density at radius 3 is 2.44 bits per heavy atom. The fourth-order valence-electron chi connectivity index (χ4n) is 4.19. The number of ether oxygens (including phenoxy) is 1. The monoisotopic (exact) mass is 458 g/mol. The van der Waals surface area contributed by atoms with Gasteiger partial charge in [-0.2, -0.15) is 0 Å². The van der Waals surface area contributed by atoms with Crippen LogP contribution in [0.1, 0.15) is 28.3 Å². The lowest BCUT2D eigenvalue weighted by molar-refractivity contribution is -0.384. The number of anilines is 1. The van der Waals surface area contributed by atoms with Crippen LogP contribution in [0.25, 0.3) is 5.76 Å². The van der Waals surface area contributed by atoms with Crippen LogP contribution in [0.4, 0.5) is 11.4 Å². The van der Waals surface area contributed by atoms with Crippen LogP contribution in [0, 0.1) is 24.0 Å². The van der Waals surface area contributed by atoms with Crippen molar-refractivity contribution in [2.45, 2.75) is 19.9 Å². The molecule has 8 heteroatoms. The summed E-state index contributed by atoms with van der Waals surface area (Å²) in [7, 11) is 1.48. The molecular weight excluding hydrogens is 436 g/mol. The predicted octanol–water partition coefficient (Wildman–Crippen LogP) is 4.85. The summed E-state index contributed by atoms with van der Waals surface area (Å²) in [6.45, 7) is 3.75. The number of hydrogen-bond donors (Lipinski definition) is 1. The van der Waals surface area contributed by atoms with E-state index in [4.69, 9.17) is 4.74 Å². The van der Waals surface area contributed by atoms with E-state index in [1.54, 1.807) is 36.4 Å². The number of aryl methyl sites for hydroxylation is 1. The molecule has 1 unspecified atom stereocenters. The number of Topliss-reactive ketones (excluding diaryl/α,β-unsaturated/α-hetero) is 1. The number of benzene rings is 3. The summed E-state index contributed by atoms with van der Waals surface area (Å²) >= 11 is 0. The van der Waals surface area contributed by atoms with E-state index in [1.165, 1.54) is 36.3 Å². The van der Waals surface area contributed by atoms with Gasteiger partial charge in [-0.1, -0.05) is 42.5 Å². The third-order valence-electron chi connectivity index (χ3n) is 6.04. The van der Waals surface area contributed by atoms with E-state index in [2.05, 4.69) is 0 Å². The third-order valence-corrected chi connectivity index (χ3v) is 6.04. The van der Waals surface area contributed by atoms with Crippen molar-refractivity contribution in [2.24, 2.45) is 0 Å². The standard InChI is InChI=1S/C26H22N2O6/c1-15-8-6-12-20(16(15)2)27-23(19-11-4-5-13-21(19)34-3)22(25(30)26(27)31)24(29)17-9-7-10-18(14-17)28(32)33/h4-14,23,29H,1-3H3/b24-22+. The molecule has 3 aromatic rings. The van der Waals surface area contributed by atoms with Crippen molar-refractivity contribution in [3.63, 3.8) is 0 Å². The number of methoxy groups -OCH3 is 1. The molecule has 1 aliphatic heterocycles. The molecule has 8 nitrogen and oxygen atoms in total. The minimum Gasteiger partial charge on any atom is -0.507 e. The summed E-state index contributed by atoms with van der Waals surface area (Å²) < 4.78 is 5.51. The molecule has 1 atom stereocenters. The van der Waals surface area contributed by atoms with E-state index in [0.717, 1.165) is 11.1 Å². The molecule has 0 spiro atoms. The average Bonchev–Trinajstić information content (AvgIpc) is 3.10. The second-order valence-corrected chi connectivity index (χ2v) is 7.94. The Morgan fingerprint density at radius 2 is 1.74 bits per heavy atom. The van der Waals surface area contributed by atoms with Crippen molar-refractivity contribution in [2.75, 3.05) is 12.0 Å². The largest absolute Gasteiger partial charge is 0.507 e. The molecule has 1 amide bonds. The Bertz CT molecular complexity index is 1360. The zero-order valence-electron chi connectivity index (χ0n) is 18.8. The Morgan fingerprint density at radius 1 is 1.03 bits per heavy atom. The summed E-state index contributed by atoms with van der Waals surface area (Å²) in [5, 5.41) is 22.5. The first-order chi connectivity index (χ1) is 16.3. The highest BCUT2D eigenvalue weighted by molar-refractivity contribution is 6.51. The van der Waals surface area contributed by atoms with Crippen LogP contribution in [-0.2, 0) is 9.59 Å². The molecule has 0 bridgehead atoms. The van der Waals surface area contributed by atoms with Gasteiger partial charge in [-0.25, -0.2) is 0 Å². The van der Waals surface area contributed by atoms with Crippen LogP contribution < -0.4 is 9.64 Å². The first-order valence-corrected chi connectivity index (χ1v) is 10.5. The van der Waals surface area contributed by atoms with E-state index in [1.807, 2.05) is 19.9 Å². The quantitative estimate of drug-likeness (QED) is 0.192. The van der Waals surface area contributed by atoms with E-state index in [9.17, 15) is 24.8 Å². The summed E-state index contributed by atoms with van der Waals surface area (Å²) in [5.41, 5.74) is 2.40. The normalized spacial score (nSPS) is 17.1. The smallest absolute Gasteiger partial charge is 0.300 e. The van der Waals surface area contributed by atoms with Crippen molar-refractivity contribution in [3.8, 4) is 5.75 Å². The third kappa shape index (κ3) is 3.69. The summed E-state index contributed by atoms with van der Waals surface area (Å²) in [4.78, 5) is 38.7. The Labute approximate surface area is 195 Å². The van der Waals surface area contributed by atoms with Gasteiger partial charge in [-0.05, 0) is 37.1 Å². The van der Waals surface area contributed by atoms with Crippen LogP contribution in [0.2, 0.25) is 0 Å². The second kappa shape index (κ2) is 8.82. The number of aliphatic hydroxyl groups is 1. The number of nitrogens with zero attached hydrogens (tertiary/aromatic N) is 2. The van der Waals surface area contributed by atoms with Crippen LogP contribution in [0.3, 0.4) is 0 Å². The van der Waals surface area contributed by atoms with Crippen molar-refractivity contribution < 1.29 is 24.4 Å². The number of nitro groups is 1. The average molecular weight is 458 g/mol. The Balaban J connectivity index is 2.02. The van der Waals surface area contributed by atoms with Gasteiger partial charge in [0.2, 0.25) is 0 Å². The number of ketones is 1. The molecule has 4 rings (SSSR count). The molecule has 0 aliphatic carbocycles. The van der Waals surface area contributed by atoms with Gasteiger partial charge in [0, 0.05) is 28.9 Å². The number of non-ortho nitro benzene ring substituents is 1. The van der Waals surface area contributed by atoms with Crippen LogP contribution >= 0.6 is 0 Å². The summed E-state index contributed by atoms with van der Waals surface area (Å²) in [6.07, 6.45) is 0. The van der Waals surface area contributed by atoms with Gasteiger partial charge in [0.25, 0.3) is 17.4 Å². The molecule has 1 heterocycles. The molecule has 1 aliphatic rings. The van der Waals surface area contributed by atoms with E-state index >= 15 is 0 Å². The van der Waals surface area contributed by atoms with Gasteiger partial charge in [-0.3, -0.25) is 24.6 Å². The predicted molar refractivity (Wildman–Crippen MR) is 127 cm³/mol. The number of amides is 1. The van der Waals surface area contributed by atoms with Crippen molar-refractivity contribution in [3.05, 3.63) is 105 Å². The summed E-state index contributed by atoms with van der Waals surface area (Å²) in [6, 6.07) is 16.6. The molecule has 1 saturated heterocycles. The van der Waals surface area contributed by atoms with Crippen molar-refractivity contribution in [1.82, 2.24) is 0 Å². The Hall–Kier alpha value is -4.46. The molecule has 0 radical (unpaired) electrons. The SMILES string of the molecule is COc1ccccc1C1/C(=C(\O)c2cccc([N+](=O)[O-])c2)C(=O)C(=O)N1c1cccc(C)c1C. The lowest BCUT2D eigenvalue weighted by atomic mass is 9.94. The van der Waals surface area contributed by atoms with Gasteiger partial charge < -0.3 is 9.84 Å². The van der Waals surface area contributed by atoms with Crippen LogP contribution in [0.5, 0.6) is 5.75 Å². The molecule has 0 aromatic heterocycles. The topological polar surface area (TPSA) is 110 Å². The first-order valence-electron chi connectivity index (χ1n) is 10.5. The molecule has 34 heavy (non-hydrogen) atoms. The maximum absolute atomic E-state index is 13.4. The maximum Gasteiger partial charge on any atom is 0.300 e. The highest BCUT2D eigenvalue weighted by atomic mass is 16.6. The Kier molecular flexibility index (Phi) is 5.89. The van der Waals surface area contributed by atoms with E-state index < -0.39 is 28.4 Å². The zero-order chi connectivity index (χ0) is 24.6. The second-order valence-electron chi connectivity index (χ2n) is 7.94. The van der Waals surface area contributed by atoms with Crippen LogP contribution in [-0.4, -0.2) is 28.8 Å². The molecular formula is C26H22N2O6. The van der Waals surface area contributed by atoms with E-state index in [0.29, 0.717) is 17.0 Å². The fraction of sp³-hybridized carbons (Fsp3) is 0.154. The number of nitro benzene ring substituents is 1. The number of rotatable bonds is 5. The molecule has 172 valence electrons. The van der Waals surface area contributed by atoms with Gasteiger partial charge >= 0.3 is 0 Å². The first kappa shape index (κ1) is 22.7. The van der Waals surface area contributed by atoms with Crippen molar-refractivity contribution >= 4 is 28.8 Å². The van der Waals surface area contributed by atoms with Gasteiger partial charge in [0.15, 0.2) is 0 Å². The minimum absolute atomic E-state index is 0.0630. The number of carbonyl (C=O) groups excluding carboxylic acids is 2. The molecule has 0 saturated carbocycles. The van der Waals surface area contributed by atoms with Gasteiger partial charge in [0.1, 0.15) is 11.5 Å². The summed E-state index contributed by atoms with van der Waals surface area (Å²) in [5.74, 6) is -1.77. The van der Waals surface area contributed by atoms with Gasteiger partial charge in [-0.15, -0.1) is 0 Å². The van der Waals surface area contributed by atoms with Crippen LogP contribution in [0.15, 0.2) is 72.3 Å². The molecule has 1 N–H and O–H groups in total. The number of hydrogen-bond acceptors (Lipinski definition) is 6. The lowest BCUT2D eigenvalue weighted by Gasteiger charge is -2.28. The number of carbonyl (C=O) groups is 2. The molecule has 1 fully saturated rings. The zero-order valence-corrected chi connectivity index (χ0v) is 18.8. The fourth-order valence-corrected chi connectivity index (χ4v) is 4.19. The minimum atomic E-state index is -1.00. The molecule has 3 aromatic carbocycles. The number of aliphatic hydroxyl groups excluding tert-OH is 1. The highest BCUT2D eigenvalue weighted by Gasteiger charge is 2.48. The van der Waals surface area contributed by atoms with Gasteiger partial charge in [0.05, 0.1) is 23.6 Å². The lowest BCUT2D eigenvalue weighted by Crippen LogP contribution is -2.30. The maximum atomic E-state index is 13.4.